The van der Waals surface area contributed by atoms with E-state index in [9.17, 15) is 9.90 Å². The number of carbonyl (C=O) groups is 1. The molecule has 74 valence electrons. The van der Waals surface area contributed by atoms with Gasteiger partial charge in [0.15, 0.2) is 0 Å². The Balaban J connectivity index is 2.39. The van der Waals surface area contributed by atoms with Crippen molar-refractivity contribution < 1.29 is 19.4 Å². The molecule has 5 nitrogen and oxygen atoms in total. The molecule has 0 radical (unpaired) electrons. The third kappa shape index (κ3) is 1.36. The highest BCUT2D eigenvalue weighted by Gasteiger charge is 2.30. The van der Waals surface area contributed by atoms with E-state index >= 15 is 0 Å². The number of methoxy groups -OCH3 is 1. The average molecular weight is 195 g/mol. The van der Waals surface area contributed by atoms with Crippen molar-refractivity contribution in [2.45, 2.75) is 12.9 Å². The van der Waals surface area contributed by atoms with Crippen molar-refractivity contribution in [1.82, 2.24) is 4.98 Å². The summed E-state index contributed by atoms with van der Waals surface area (Å²) in [7, 11) is 1.56. The fourth-order valence-corrected chi connectivity index (χ4v) is 1.35. The molecule has 0 aliphatic carbocycles. The smallest absolute Gasteiger partial charge is 0.342 e. The lowest BCUT2D eigenvalue weighted by Crippen LogP contribution is -1.98. The second-order valence-electron chi connectivity index (χ2n) is 2.97. The molecule has 1 N–H and O–H groups in total. The van der Waals surface area contributed by atoms with E-state index in [1.165, 1.54) is 0 Å². The first-order chi connectivity index (χ1) is 6.72. The van der Waals surface area contributed by atoms with Crippen LogP contribution in [-0.4, -0.2) is 23.2 Å². The Kier molecular flexibility index (Phi) is 2.18. The number of hydrogen-bond acceptors (Lipinski definition) is 5. The molecular formula is C9H9NO4. The van der Waals surface area contributed by atoms with E-state index < -0.39 is 12.3 Å². The summed E-state index contributed by atoms with van der Waals surface area (Å²) < 4.78 is 9.47. The van der Waals surface area contributed by atoms with Gasteiger partial charge in [0.1, 0.15) is 5.69 Å². The number of aliphatic hydroxyl groups excluding tert-OH is 1. The fraction of sp³-hybridized carbons (Fsp3) is 0.333. The molecule has 0 spiro atoms. The maximum atomic E-state index is 11.2. The fourth-order valence-electron chi connectivity index (χ4n) is 1.35. The Labute approximate surface area is 80.3 Å². The zero-order valence-corrected chi connectivity index (χ0v) is 7.56. The van der Waals surface area contributed by atoms with Crippen molar-refractivity contribution in [3.63, 3.8) is 0 Å². The first kappa shape index (κ1) is 9.11. The highest BCUT2D eigenvalue weighted by molar-refractivity contribution is 5.93. The number of aromatic nitrogens is 1. The van der Waals surface area contributed by atoms with Crippen LogP contribution >= 0.6 is 0 Å². The molecule has 1 aliphatic heterocycles. The summed E-state index contributed by atoms with van der Waals surface area (Å²) in [5, 5.41) is 9.24. The minimum Gasteiger partial charge on any atom is -0.426 e. The second kappa shape index (κ2) is 3.36. The standard InChI is InChI=1S/C9H9NO4/c1-13-4-5-2-6-7(10-3-5)9(12)14-8(6)11/h2-3,9,12H,4H2,1H3. The van der Waals surface area contributed by atoms with E-state index in [1.807, 2.05) is 0 Å². The molecule has 1 atom stereocenters. The zero-order valence-electron chi connectivity index (χ0n) is 7.56. The average Bonchev–Trinajstić information content (AvgIpc) is 2.43. The van der Waals surface area contributed by atoms with Crippen LogP contribution in [0.1, 0.15) is 27.9 Å². The second-order valence-corrected chi connectivity index (χ2v) is 2.97. The molecule has 1 aliphatic rings. The molecule has 14 heavy (non-hydrogen) atoms. The van der Waals surface area contributed by atoms with Gasteiger partial charge in [0.2, 0.25) is 6.29 Å². The molecule has 0 saturated heterocycles. The number of pyridine rings is 1. The van der Waals surface area contributed by atoms with E-state index in [-0.39, 0.29) is 5.69 Å². The molecular weight excluding hydrogens is 186 g/mol. The van der Waals surface area contributed by atoms with Gasteiger partial charge in [-0.2, -0.15) is 0 Å². The largest absolute Gasteiger partial charge is 0.426 e. The Hall–Kier alpha value is -1.46. The highest BCUT2D eigenvalue weighted by Crippen LogP contribution is 2.26. The molecule has 5 heteroatoms. The van der Waals surface area contributed by atoms with E-state index in [1.54, 1.807) is 19.4 Å². The van der Waals surface area contributed by atoms with Crippen molar-refractivity contribution in [2.75, 3.05) is 7.11 Å². The van der Waals surface area contributed by atoms with Crippen LogP contribution in [0.25, 0.3) is 0 Å². The lowest BCUT2D eigenvalue weighted by molar-refractivity contribution is -0.0568. The number of rotatable bonds is 2. The first-order valence-corrected chi connectivity index (χ1v) is 4.09. The van der Waals surface area contributed by atoms with Gasteiger partial charge in [-0.3, -0.25) is 4.98 Å². The van der Waals surface area contributed by atoms with Crippen molar-refractivity contribution >= 4 is 5.97 Å². The topological polar surface area (TPSA) is 68.7 Å². The summed E-state index contributed by atoms with van der Waals surface area (Å²) in [6.07, 6.45) is 0.321. The Morgan fingerprint density at radius 1 is 1.71 bits per heavy atom. The van der Waals surface area contributed by atoms with Crippen molar-refractivity contribution in [2.24, 2.45) is 0 Å². The lowest BCUT2D eigenvalue weighted by Gasteiger charge is -2.01. The molecule has 0 saturated carbocycles. The van der Waals surface area contributed by atoms with E-state index in [0.717, 1.165) is 5.56 Å². The van der Waals surface area contributed by atoms with Gasteiger partial charge in [0, 0.05) is 13.3 Å². The molecule has 2 rings (SSSR count). The van der Waals surface area contributed by atoms with Crippen LogP contribution in [0, 0.1) is 0 Å². The molecule has 2 heterocycles. The predicted octanol–water partition coefficient (Wildman–Crippen LogP) is 0.389. The molecule has 1 aromatic rings. The van der Waals surface area contributed by atoms with E-state index in [2.05, 4.69) is 9.72 Å². The van der Waals surface area contributed by atoms with Crippen LogP contribution in [0.4, 0.5) is 0 Å². The van der Waals surface area contributed by atoms with Gasteiger partial charge in [0.05, 0.1) is 12.2 Å². The third-order valence-corrected chi connectivity index (χ3v) is 1.96. The van der Waals surface area contributed by atoms with Crippen molar-refractivity contribution in [3.05, 3.63) is 29.1 Å². The third-order valence-electron chi connectivity index (χ3n) is 1.96. The van der Waals surface area contributed by atoms with Crippen LogP contribution in [0.2, 0.25) is 0 Å². The number of hydrogen-bond donors (Lipinski definition) is 1. The maximum Gasteiger partial charge on any atom is 0.342 e. The van der Waals surface area contributed by atoms with Crippen LogP contribution in [0.15, 0.2) is 12.3 Å². The lowest BCUT2D eigenvalue weighted by atomic mass is 10.1. The molecule has 0 bridgehead atoms. The van der Waals surface area contributed by atoms with Crippen molar-refractivity contribution in [1.29, 1.82) is 0 Å². The van der Waals surface area contributed by atoms with Crippen LogP contribution in [-0.2, 0) is 16.1 Å². The summed E-state index contributed by atoms with van der Waals surface area (Å²) in [6, 6.07) is 1.62. The highest BCUT2D eigenvalue weighted by atomic mass is 16.6. The first-order valence-electron chi connectivity index (χ1n) is 4.09. The minimum absolute atomic E-state index is 0.273. The van der Waals surface area contributed by atoms with E-state index in [0.29, 0.717) is 12.2 Å². The summed E-state index contributed by atoms with van der Waals surface area (Å²) in [5.74, 6) is -0.544. The number of fused-ring (bicyclic) bond motifs is 1. The Bertz CT molecular complexity index is 377. The molecule has 0 fully saturated rings. The summed E-state index contributed by atoms with van der Waals surface area (Å²) >= 11 is 0. The van der Waals surface area contributed by atoms with E-state index in [4.69, 9.17) is 4.74 Å². The van der Waals surface area contributed by atoms with Gasteiger partial charge in [-0.25, -0.2) is 4.79 Å². The van der Waals surface area contributed by atoms with Gasteiger partial charge < -0.3 is 14.6 Å². The number of nitrogens with zero attached hydrogens (tertiary/aromatic N) is 1. The number of ether oxygens (including phenoxy) is 2. The van der Waals surface area contributed by atoms with Crippen LogP contribution in [0.5, 0.6) is 0 Å². The van der Waals surface area contributed by atoms with Gasteiger partial charge in [-0.05, 0) is 11.6 Å². The zero-order chi connectivity index (χ0) is 10.1. The quantitative estimate of drug-likeness (QED) is 0.691. The van der Waals surface area contributed by atoms with Crippen molar-refractivity contribution in [3.8, 4) is 0 Å². The monoisotopic (exact) mass is 195 g/mol. The number of cyclic esters (lactones) is 1. The summed E-state index contributed by atoms with van der Waals surface area (Å²) in [5.41, 5.74) is 1.36. The molecule has 1 unspecified atom stereocenters. The summed E-state index contributed by atoms with van der Waals surface area (Å²) in [4.78, 5) is 15.1. The maximum absolute atomic E-state index is 11.2. The van der Waals surface area contributed by atoms with Gasteiger partial charge in [-0.1, -0.05) is 0 Å². The molecule has 0 aromatic carbocycles. The SMILES string of the molecule is COCc1cnc2c(c1)C(=O)OC2O. The Morgan fingerprint density at radius 3 is 3.21 bits per heavy atom. The summed E-state index contributed by atoms with van der Waals surface area (Å²) in [6.45, 7) is 0.379. The minimum atomic E-state index is -1.23. The predicted molar refractivity (Wildman–Crippen MR) is 45.3 cm³/mol. The van der Waals surface area contributed by atoms with Gasteiger partial charge >= 0.3 is 5.97 Å². The number of aliphatic hydroxyl groups is 1. The normalized spacial score (nSPS) is 19.3. The molecule has 0 amide bonds. The van der Waals surface area contributed by atoms with Crippen LogP contribution in [0.3, 0.4) is 0 Å². The number of esters is 1. The van der Waals surface area contributed by atoms with Crippen LogP contribution < -0.4 is 0 Å². The van der Waals surface area contributed by atoms with Gasteiger partial charge in [-0.15, -0.1) is 0 Å². The van der Waals surface area contributed by atoms with Gasteiger partial charge in [0.25, 0.3) is 0 Å². The number of carbonyl (C=O) groups excluding carboxylic acids is 1. The Morgan fingerprint density at radius 2 is 2.50 bits per heavy atom. The molecule has 1 aromatic heterocycles.